The lowest BCUT2D eigenvalue weighted by atomic mass is 9.95. The van der Waals surface area contributed by atoms with Gasteiger partial charge in [-0.2, -0.15) is 26.3 Å². The molecule has 0 aliphatic heterocycles. The predicted molar refractivity (Wildman–Crippen MR) is 288 cm³/mol. The fourth-order valence-electron chi connectivity index (χ4n) is 11.0. The van der Waals surface area contributed by atoms with E-state index in [1.807, 2.05) is 12.1 Å². The largest absolute Gasteiger partial charge is 0.417 e. The third-order valence-corrected chi connectivity index (χ3v) is 31.1. The fourth-order valence-corrected chi connectivity index (χ4v) is 28.3. The van der Waals surface area contributed by atoms with E-state index in [1.165, 1.54) is 34.6 Å². The molecule has 0 amide bonds. The van der Waals surface area contributed by atoms with Crippen LogP contribution in [0.2, 0.25) is 36.3 Å². The number of nitrogens with zero attached hydrogens (tertiary/aromatic N) is 1. The van der Waals surface area contributed by atoms with Crippen molar-refractivity contribution in [3.63, 3.8) is 0 Å². The van der Waals surface area contributed by atoms with E-state index in [2.05, 4.69) is 82.6 Å². The topological polar surface area (TPSA) is 3.24 Å². The Kier molecular flexibility index (Phi) is 22.1. The molecule has 0 saturated heterocycles. The first-order valence-corrected chi connectivity index (χ1v) is 34.5. The normalized spacial score (nSPS) is 14.9. The highest BCUT2D eigenvalue weighted by molar-refractivity contribution is 8.28. The van der Waals surface area contributed by atoms with E-state index >= 15 is 26.3 Å². The number of halogens is 6. The number of benzene rings is 4. The Morgan fingerprint density at radius 2 is 1.01 bits per heavy atom. The molecule has 0 bridgehead atoms. The van der Waals surface area contributed by atoms with Crippen LogP contribution in [0.4, 0.5) is 32.0 Å². The summed E-state index contributed by atoms with van der Waals surface area (Å²) in [6.07, 6.45) is 8.40. The molecule has 1 aliphatic rings. The van der Waals surface area contributed by atoms with Crippen LogP contribution in [0.3, 0.4) is 0 Å². The van der Waals surface area contributed by atoms with Crippen LogP contribution >= 0.6 is 16.0 Å². The van der Waals surface area contributed by atoms with Gasteiger partial charge in [0, 0.05) is 17.0 Å². The van der Waals surface area contributed by atoms with Gasteiger partial charge in [0.25, 0.3) is 0 Å². The summed E-state index contributed by atoms with van der Waals surface area (Å²) >= 11 is 0. The van der Waals surface area contributed by atoms with Crippen LogP contribution in [-0.4, -0.2) is 22.2 Å². The molecular formula is C56H81F6NP2Si2. The van der Waals surface area contributed by atoms with Crippen LogP contribution in [0.15, 0.2) is 91.0 Å². The minimum Gasteiger partial charge on any atom is -0.340 e. The summed E-state index contributed by atoms with van der Waals surface area (Å²) in [5.41, 5.74) is 0.127. The second-order valence-electron chi connectivity index (χ2n) is 19.6. The van der Waals surface area contributed by atoms with E-state index in [4.69, 9.17) is 0 Å². The number of alkyl halides is 6. The lowest BCUT2D eigenvalue weighted by Crippen LogP contribution is -2.48. The van der Waals surface area contributed by atoms with E-state index < -0.39 is 55.7 Å². The number of hydrogen-bond acceptors (Lipinski definition) is 1. The van der Waals surface area contributed by atoms with Crippen LogP contribution in [-0.2, 0) is 12.4 Å². The Hall–Kier alpha value is -2.45. The van der Waals surface area contributed by atoms with Crippen LogP contribution in [0.1, 0.15) is 162 Å². The summed E-state index contributed by atoms with van der Waals surface area (Å²) in [6, 6.07) is 34.3. The van der Waals surface area contributed by atoms with Gasteiger partial charge in [-0.15, -0.1) is 0 Å². The standard InChI is InChI=1S/C56H81F6NP2Si2/c1-7-13-37-66(38-14-8-2,39-15-9-3)48-31-24-27-45(43-48)50-33-26-35-52(54(50)56(60,61)62)64-65(53-36-23-22-34-51(53)55(57,58)59)63(46-28-20-19-21-29-46)47-30-25-32-49(44-47)67(40-16-10-4,41-17-11-5)42-18-12-6/h22-27,30-36,43-44,46,64H,7-21,28-29,37-42H2,1-6H3. The van der Waals surface area contributed by atoms with E-state index in [-0.39, 0.29) is 22.2 Å². The molecule has 0 radical (unpaired) electrons. The Morgan fingerprint density at radius 3 is 1.51 bits per heavy atom. The first-order chi connectivity index (χ1) is 32.2. The Balaban J connectivity index is 1.78. The van der Waals surface area contributed by atoms with E-state index in [0.29, 0.717) is 5.56 Å². The Bertz CT molecular complexity index is 2040. The molecule has 11 heteroatoms. The quantitative estimate of drug-likeness (QED) is 0.0327. The number of unbranched alkanes of at least 4 members (excludes halogenated alkanes) is 6. The molecule has 4 aromatic rings. The van der Waals surface area contributed by atoms with Gasteiger partial charge in [-0.1, -0.05) is 257 Å². The van der Waals surface area contributed by atoms with Crippen LogP contribution in [0, 0.1) is 0 Å². The molecule has 1 nitrogen and oxygen atoms in total. The zero-order chi connectivity index (χ0) is 48.5. The Labute approximate surface area is 406 Å². The highest BCUT2D eigenvalue weighted by Gasteiger charge is 2.43. The Morgan fingerprint density at radius 1 is 0.537 bits per heavy atom. The molecule has 0 spiro atoms. The summed E-state index contributed by atoms with van der Waals surface area (Å²) in [7, 11) is -6.66. The summed E-state index contributed by atoms with van der Waals surface area (Å²) in [5, 5.41) is 2.81. The van der Waals surface area contributed by atoms with Gasteiger partial charge in [0.15, 0.2) is 0 Å². The molecule has 370 valence electrons. The first kappa shape index (κ1) is 55.5. The summed E-state index contributed by atoms with van der Waals surface area (Å²) < 4.78 is 96.8. The van der Waals surface area contributed by atoms with Crippen molar-refractivity contribution in [2.75, 3.05) is 4.67 Å². The zero-order valence-electron chi connectivity index (χ0n) is 41.7. The maximum Gasteiger partial charge on any atom is 0.417 e. The van der Waals surface area contributed by atoms with Crippen molar-refractivity contribution in [2.24, 2.45) is 0 Å². The van der Waals surface area contributed by atoms with Crippen LogP contribution in [0.5, 0.6) is 0 Å². The minimum absolute atomic E-state index is 0.0939. The van der Waals surface area contributed by atoms with Gasteiger partial charge in [0.2, 0.25) is 0 Å². The average Bonchev–Trinajstić information content (AvgIpc) is 3.33. The van der Waals surface area contributed by atoms with E-state index in [1.54, 1.807) is 30.3 Å². The molecule has 0 heterocycles. The smallest absolute Gasteiger partial charge is 0.340 e. The van der Waals surface area contributed by atoms with Gasteiger partial charge in [-0.25, -0.2) is 0 Å². The molecule has 0 N–H and O–H groups in total. The molecule has 1 aliphatic carbocycles. The maximum atomic E-state index is 16.1. The van der Waals surface area contributed by atoms with Crippen molar-refractivity contribution in [3.8, 4) is 11.1 Å². The molecule has 67 heavy (non-hydrogen) atoms. The lowest BCUT2D eigenvalue weighted by molar-refractivity contribution is -0.137. The highest BCUT2D eigenvalue weighted by Crippen LogP contribution is 2.62. The molecular weight excluding hydrogens is 919 g/mol. The van der Waals surface area contributed by atoms with Crippen molar-refractivity contribution in [1.82, 2.24) is 0 Å². The molecule has 4 aromatic carbocycles. The summed E-state index contributed by atoms with van der Waals surface area (Å²) in [5.74, 6) is 0. The second-order valence-corrected chi connectivity index (χ2v) is 33.1. The monoisotopic (exact) mass is 1000 g/mol. The summed E-state index contributed by atoms with van der Waals surface area (Å²) in [6.45, 7) is 13.4. The zero-order valence-corrected chi connectivity index (χ0v) is 45.6. The van der Waals surface area contributed by atoms with Crippen LogP contribution < -0.4 is 25.7 Å². The van der Waals surface area contributed by atoms with Gasteiger partial charge >= 0.3 is 12.4 Å². The highest BCUT2D eigenvalue weighted by atomic mass is 32.1. The predicted octanol–water partition coefficient (Wildman–Crippen LogP) is 18.3. The second kappa shape index (κ2) is 26.7. The third-order valence-electron chi connectivity index (χ3n) is 14.7. The van der Waals surface area contributed by atoms with Gasteiger partial charge in [-0.3, -0.25) is 0 Å². The van der Waals surface area contributed by atoms with Crippen molar-refractivity contribution < 1.29 is 26.3 Å². The van der Waals surface area contributed by atoms with Gasteiger partial charge in [0.05, 0.1) is 35.0 Å². The van der Waals surface area contributed by atoms with E-state index in [9.17, 15) is 0 Å². The number of rotatable bonds is 27. The third kappa shape index (κ3) is 14.6. The number of anilines is 1. The van der Waals surface area contributed by atoms with E-state index in [0.717, 1.165) is 139 Å². The van der Waals surface area contributed by atoms with Crippen molar-refractivity contribution in [1.29, 1.82) is 0 Å². The molecule has 1 fully saturated rings. The van der Waals surface area contributed by atoms with Crippen molar-refractivity contribution in [3.05, 3.63) is 102 Å². The van der Waals surface area contributed by atoms with Gasteiger partial charge in [0.1, 0.15) is 0 Å². The molecule has 0 aromatic heterocycles. The number of hydrogen-bond donors (Lipinski definition) is 0. The van der Waals surface area contributed by atoms with Crippen molar-refractivity contribution >= 4 is 58.8 Å². The maximum absolute atomic E-state index is 16.1. The minimum atomic E-state index is -4.74. The lowest BCUT2D eigenvalue weighted by Gasteiger charge is -2.43. The molecule has 2 atom stereocenters. The fraction of sp³-hybridized carbons (Fsp3) is 0.571. The van der Waals surface area contributed by atoms with Crippen LogP contribution in [0.25, 0.3) is 11.1 Å². The average molecular weight is 1000 g/mol. The summed E-state index contributed by atoms with van der Waals surface area (Å²) in [4.78, 5) is 0. The SMILES string of the molecule is CCCC[Si](CCCC)(CCCC)c1cccc(-c2cccc(PP(c3ccccc3C(F)(F)F)N(c3cccc([Si](CCCC)(CCCC)CCCC)c3)C3CCCCC3)c2C(F)(F)F)c1. The van der Waals surface area contributed by atoms with Gasteiger partial charge < -0.3 is 4.67 Å². The van der Waals surface area contributed by atoms with Crippen molar-refractivity contribution in [2.45, 2.75) is 205 Å². The molecule has 1 saturated carbocycles. The first-order valence-electron chi connectivity index (χ1n) is 26.2. The molecule has 2 unspecified atom stereocenters. The molecule has 5 rings (SSSR count). The van der Waals surface area contributed by atoms with Gasteiger partial charge in [-0.05, 0) is 55.7 Å².